The van der Waals surface area contributed by atoms with Gasteiger partial charge in [0.05, 0.1) is 18.8 Å². The Hall–Kier alpha value is -1.32. The molecule has 0 aromatic carbocycles. The number of rotatable bonds is 5. The van der Waals surface area contributed by atoms with Crippen LogP contribution in [0.3, 0.4) is 0 Å². The largest absolute Gasteiger partial charge is 0.464 e. The molecule has 0 aliphatic heterocycles. The normalized spacial score (nSPS) is 14.1. The Balaban J connectivity index is 2.55. The summed E-state index contributed by atoms with van der Waals surface area (Å²) < 4.78 is 7.37. The van der Waals surface area contributed by atoms with Gasteiger partial charge < -0.3 is 9.30 Å². The van der Waals surface area contributed by atoms with Crippen molar-refractivity contribution < 1.29 is 9.53 Å². The van der Waals surface area contributed by atoms with Gasteiger partial charge in [0.1, 0.15) is 6.61 Å². The minimum atomic E-state index is -0.0902. The Kier molecular flexibility index (Phi) is 5.37. The predicted octanol–water partition coefficient (Wildman–Crippen LogP) is 3.52. The molecule has 114 valence electrons. The van der Waals surface area contributed by atoms with Crippen LogP contribution in [-0.2, 0) is 16.1 Å². The van der Waals surface area contributed by atoms with E-state index in [0.29, 0.717) is 13.2 Å². The Bertz CT molecular complexity index is 411. The van der Waals surface area contributed by atoms with Crippen LogP contribution in [0.4, 0.5) is 0 Å². The van der Waals surface area contributed by atoms with E-state index in [9.17, 15) is 4.79 Å². The molecule has 1 aromatic heterocycles. The molecule has 4 heteroatoms. The second-order valence-corrected chi connectivity index (χ2v) is 7.65. The molecule has 0 N–H and O–H groups in total. The topological polar surface area (TPSA) is 44.1 Å². The van der Waals surface area contributed by atoms with Crippen LogP contribution in [0, 0.1) is 16.7 Å². The van der Waals surface area contributed by atoms with E-state index < -0.39 is 0 Å². The monoisotopic (exact) mass is 280 g/mol. The standard InChI is InChI=1S/C16H28N2O2/c1-15(2,3)11-13(16(4,5)6)14(19)20-10-9-18-8-7-17-12-18/h7-8,12-13H,9-11H2,1-6H3. The number of carbonyl (C=O) groups excluding carboxylic acids is 1. The number of carbonyl (C=O) groups is 1. The van der Waals surface area contributed by atoms with E-state index in [2.05, 4.69) is 46.5 Å². The molecule has 1 aromatic rings. The van der Waals surface area contributed by atoms with Crippen LogP contribution in [0.1, 0.15) is 48.0 Å². The molecular weight excluding hydrogens is 252 g/mol. The van der Waals surface area contributed by atoms with Crippen LogP contribution in [0.5, 0.6) is 0 Å². The average Bonchev–Trinajstić information content (AvgIpc) is 2.76. The Morgan fingerprint density at radius 2 is 1.90 bits per heavy atom. The van der Waals surface area contributed by atoms with Crippen LogP contribution in [0.15, 0.2) is 18.7 Å². The quantitative estimate of drug-likeness (QED) is 0.775. The van der Waals surface area contributed by atoms with Crippen LogP contribution in [0.2, 0.25) is 0 Å². The highest BCUT2D eigenvalue weighted by molar-refractivity contribution is 5.73. The third-order valence-electron chi connectivity index (χ3n) is 3.30. The van der Waals surface area contributed by atoms with Crippen LogP contribution >= 0.6 is 0 Å². The third kappa shape index (κ3) is 5.76. The number of nitrogens with zero attached hydrogens (tertiary/aromatic N) is 2. The zero-order valence-corrected chi connectivity index (χ0v) is 13.6. The van der Waals surface area contributed by atoms with Gasteiger partial charge in [-0.05, 0) is 17.3 Å². The van der Waals surface area contributed by atoms with E-state index >= 15 is 0 Å². The van der Waals surface area contributed by atoms with Gasteiger partial charge in [-0.25, -0.2) is 4.98 Å². The Labute approximate surface area is 122 Å². The van der Waals surface area contributed by atoms with Gasteiger partial charge in [-0.3, -0.25) is 4.79 Å². The van der Waals surface area contributed by atoms with Crippen molar-refractivity contribution in [2.24, 2.45) is 16.7 Å². The van der Waals surface area contributed by atoms with Crippen LogP contribution in [-0.4, -0.2) is 22.1 Å². The summed E-state index contributed by atoms with van der Waals surface area (Å²) in [6.07, 6.45) is 6.15. The molecule has 0 spiro atoms. The number of hydrogen-bond donors (Lipinski definition) is 0. The lowest BCUT2D eigenvalue weighted by atomic mass is 9.72. The van der Waals surface area contributed by atoms with Crippen molar-refractivity contribution in [3.8, 4) is 0 Å². The van der Waals surface area contributed by atoms with Gasteiger partial charge in [0, 0.05) is 12.4 Å². The maximum Gasteiger partial charge on any atom is 0.309 e. The van der Waals surface area contributed by atoms with Crippen molar-refractivity contribution in [2.45, 2.75) is 54.5 Å². The summed E-state index contributed by atoms with van der Waals surface area (Å²) in [7, 11) is 0. The zero-order valence-electron chi connectivity index (χ0n) is 13.6. The van der Waals surface area contributed by atoms with Gasteiger partial charge in [0.2, 0.25) is 0 Å². The smallest absolute Gasteiger partial charge is 0.309 e. The van der Waals surface area contributed by atoms with Gasteiger partial charge in [0.15, 0.2) is 0 Å². The lowest BCUT2D eigenvalue weighted by Gasteiger charge is -2.33. The summed E-state index contributed by atoms with van der Waals surface area (Å²) in [5, 5.41) is 0. The SMILES string of the molecule is CC(C)(C)CC(C(=O)OCCn1ccnc1)C(C)(C)C. The molecule has 1 atom stereocenters. The fourth-order valence-electron chi connectivity index (χ4n) is 2.13. The van der Waals surface area contributed by atoms with Gasteiger partial charge in [-0.15, -0.1) is 0 Å². The Morgan fingerprint density at radius 1 is 1.25 bits per heavy atom. The summed E-state index contributed by atoms with van der Waals surface area (Å²) in [4.78, 5) is 16.3. The molecule has 0 bridgehead atoms. The van der Waals surface area contributed by atoms with Crippen molar-refractivity contribution in [1.29, 1.82) is 0 Å². The second kappa shape index (κ2) is 6.42. The number of esters is 1. The van der Waals surface area contributed by atoms with Crippen molar-refractivity contribution >= 4 is 5.97 Å². The first-order valence-corrected chi connectivity index (χ1v) is 7.22. The summed E-state index contributed by atoms with van der Waals surface area (Å²) >= 11 is 0. The van der Waals surface area contributed by atoms with Crippen molar-refractivity contribution in [2.75, 3.05) is 6.61 Å². The fraction of sp³-hybridized carbons (Fsp3) is 0.750. The van der Waals surface area contributed by atoms with E-state index in [1.807, 2.05) is 10.8 Å². The molecule has 4 nitrogen and oxygen atoms in total. The van der Waals surface area contributed by atoms with Crippen LogP contribution in [0.25, 0.3) is 0 Å². The lowest BCUT2D eigenvalue weighted by molar-refractivity contribution is -0.154. The molecule has 1 heterocycles. The number of imidazole rings is 1. The molecule has 0 radical (unpaired) electrons. The number of aromatic nitrogens is 2. The minimum absolute atomic E-state index is 0.0784. The molecule has 0 aliphatic carbocycles. The van der Waals surface area contributed by atoms with Gasteiger partial charge >= 0.3 is 5.97 Å². The highest BCUT2D eigenvalue weighted by Gasteiger charge is 2.35. The first-order valence-electron chi connectivity index (χ1n) is 7.22. The molecular formula is C16H28N2O2. The van der Waals surface area contributed by atoms with Gasteiger partial charge in [0.25, 0.3) is 0 Å². The lowest BCUT2D eigenvalue weighted by Crippen LogP contribution is -2.34. The van der Waals surface area contributed by atoms with E-state index in [-0.39, 0.29) is 22.7 Å². The average molecular weight is 280 g/mol. The molecule has 1 unspecified atom stereocenters. The molecule has 0 aliphatic rings. The Morgan fingerprint density at radius 3 is 2.35 bits per heavy atom. The number of ether oxygens (including phenoxy) is 1. The third-order valence-corrected chi connectivity index (χ3v) is 3.30. The molecule has 0 amide bonds. The first kappa shape index (κ1) is 16.7. The molecule has 0 saturated carbocycles. The maximum atomic E-state index is 12.3. The summed E-state index contributed by atoms with van der Waals surface area (Å²) in [6.45, 7) is 13.8. The van der Waals surface area contributed by atoms with Crippen molar-refractivity contribution in [3.05, 3.63) is 18.7 Å². The first-order chi connectivity index (χ1) is 9.09. The highest BCUT2D eigenvalue weighted by atomic mass is 16.5. The molecule has 20 heavy (non-hydrogen) atoms. The van der Waals surface area contributed by atoms with E-state index in [1.165, 1.54) is 0 Å². The van der Waals surface area contributed by atoms with E-state index in [4.69, 9.17) is 4.74 Å². The number of hydrogen-bond acceptors (Lipinski definition) is 3. The maximum absolute atomic E-state index is 12.3. The van der Waals surface area contributed by atoms with Gasteiger partial charge in [-0.1, -0.05) is 41.5 Å². The molecule has 0 fully saturated rings. The van der Waals surface area contributed by atoms with Gasteiger partial charge in [-0.2, -0.15) is 0 Å². The van der Waals surface area contributed by atoms with E-state index in [0.717, 1.165) is 6.42 Å². The van der Waals surface area contributed by atoms with E-state index in [1.54, 1.807) is 12.5 Å². The molecule has 0 saturated heterocycles. The summed E-state index contributed by atoms with van der Waals surface area (Å²) in [6, 6.07) is 0. The van der Waals surface area contributed by atoms with Crippen molar-refractivity contribution in [1.82, 2.24) is 9.55 Å². The highest BCUT2D eigenvalue weighted by Crippen LogP contribution is 2.36. The summed E-state index contributed by atoms with van der Waals surface area (Å²) in [5.41, 5.74) is 0.0285. The zero-order chi connectivity index (χ0) is 15.4. The fourth-order valence-corrected chi connectivity index (χ4v) is 2.13. The predicted molar refractivity (Wildman–Crippen MR) is 80.2 cm³/mol. The second-order valence-electron chi connectivity index (χ2n) is 7.65. The summed E-state index contributed by atoms with van der Waals surface area (Å²) in [5.74, 6) is -0.169. The minimum Gasteiger partial charge on any atom is -0.464 e. The molecule has 1 rings (SSSR count). The van der Waals surface area contributed by atoms with Crippen LogP contribution < -0.4 is 0 Å². The van der Waals surface area contributed by atoms with Crippen molar-refractivity contribution in [3.63, 3.8) is 0 Å².